The smallest absolute Gasteiger partial charge is 0.295 e. The van der Waals surface area contributed by atoms with Crippen LogP contribution in [-0.4, -0.2) is 16.1 Å². The third kappa shape index (κ3) is 3.46. The van der Waals surface area contributed by atoms with Gasteiger partial charge in [-0.1, -0.05) is 26.0 Å². The van der Waals surface area contributed by atoms with Crippen molar-refractivity contribution in [2.45, 2.75) is 32.5 Å². The van der Waals surface area contributed by atoms with Crippen LogP contribution in [0.1, 0.15) is 52.8 Å². The van der Waals surface area contributed by atoms with Crippen molar-refractivity contribution in [3.05, 3.63) is 82.4 Å². The standard InChI is InChI=1S/C22H19F4N3O/c1-12(2)10-17-18-19(28-27-17)21(30)29(16-8-6-15(23)7-9-16)20(18)13-4-3-5-14(11-13)22(24,25)26/h3-9,11-12,20H,10H2,1-2H3,(H,27,28). The Hall–Kier alpha value is -3.16. The Morgan fingerprint density at radius 1 is 1.13 bits per heavy atom. The summed E-state index contributed by atoms with van der Waals surface area (Å²) in [6.45, 7) is 3.99. The minimum atomic E-state index is -4.51. The maximum Gasteiger partial charge on any atom is 0.416 e. The zero-order chi connectivity index (χ0) is 21.6. The Morgan fingerprint density at radius 3 is 2.47 bits per heavy atom. The molecule has 0 fully saturated rings. The molecule has 0 spiro atoms. The van der Waals surface area contributed by atoms with Crippen molar-refractivity contribution in [1.82, 2.24) is 10.2 Å². The molecular formula is C22H19F4N3O. The number of hydrogen-bond donors (Lipinski definition) is 1. The highest BCUT2D eigenvalue weighted by molar-refractivity contribution is 6.10. The van der Waals surface area contributed by atoms with Crippen LogP contribution in [0.5, 0.6) is 0 Å². The zero-order valence-electron chi connectivity index (χ0n) is 16.3. The van der Waals surface area contributed by atoms with Crippen LogP contribution in [0.2, 0.25) is 0 Å². The molecule has 30 heavy (non-hydrogen) atoms. The maximum atomic E-state index is 13.4. The summed E-state index contributed by atoms with van der Waals surface area (Å²) in [4.78, 5) is 14.6. The summed E-state index contributed by atoms with van der Waals surface area (Å²) in [7, 11) is 0. The first-order valence-corrected chi connectivity index (χ1v) is 9.50. The Kier molecular flexibility index (Phi) is 4.88. The summed E-state index contributed by atoms with van der Waals surface area (Å²) in [5.74, 6) is -0.655. The number of anilines is 1. The number of carbonyl (C=O) groups is 1. The van der Waals surface area contributed by atoms with Gasteiger partial charge >= 0.3 is 6.18 Å². The molecule has 0 bridgehead atoms. The molecule has 0 saturated heterocycles. The highest BCUT2D eigenvalue weighted by atomic mass is 19.4. The third-order valence-electron chi connectivity index (χ3n) is 5.08. The number of amides is 1. The number of rotatable bonds is 4. The molecule has 1 atom stereocenters. The lowest BCUT2D eigenvalue weighted by atomic mass is 9.94. The van der Waals surface area contributed by atoms with E-state index < -0.39 is 29.5 Å². The predicted octanol–water partition coefficient (Wildman–Crippen LogP) is 5.52. The number of aromatic amines is 1. The average molecular weight is 417 g/mol. The molecule has 8 heteroatoms. The van der Waals surface area contributed by atoms with Crippen LogP contribution in [-0.2, 0) is 12.6 Å². The van der Waals surface area contributed by atoms with Gasteiger partial charge in [-0.05, 0) is 54.3 Å². The van der Waals surface area contributed by atoms with E-state index in [0.717, 1.165) is 12.1 Å². The van der Waals surface area contributed by atoms with E-state index in [9.17, 15) is 22.4 Å². The summed E-state index contributed by atoms with van der Waals surface area (Å²) in [5, 5.41) is 7.02. The number of aromatic nitrogens is 2. The average Bonchev–Trinajstić information content (AvgIpc) is 3.21. The van der Waals surface area contributed by atoms with Gasteiger partial charge in [-0.25, -0.2) is 4.39 Å². The van der Waals surface area contributed by atoms with E-state index in [1.54, 1.807) is 6.07 Å². The van der Waals surface area contributed by atoms with E-state index in [0.29, 0.717) is 28.9 Å². The van der Waals surface area contributed by atoms with Crippen molar-refractivity contribution in [2.75, 3.05) is 4.90 Å². The fourth-order valence-electron chi connectivity index (χ4n) is 3.82. The first-order valence-electron chi connectivity index (χ1n) is 9.50. The van der Waals surface area contributed by atoms with Gasteiger partial charge in [-0.15, -0.1) is 0 Å². The molecule has 0 saturated carbocycles. The quantitative estimate of drug-likeness (QED) is 0.569. The van der Waals surface area contributed by atoms with Gasteiger partial charge in [0.15, 0.2) is 0 Å². The van der Waals surface area contributed by atoms with Crippen LogP contribution < -0.4 is 4.90 Å². The number of nitrogens with one attached hydrogen (secondary N) is 1. The second kappa shape index (κ2) is 7.27. The largest absolute Gasteiger partial charge is 0.416 e. The highest BCUT2D eigenvalue weighted by Gasteiger charge is 2.43. The van der Waals surface area contributed by atoms with E-state index in [1.807, 2.05) is 13.8 Å². The predicted molar refractivity (Wildman–Crippen MR) is 104 cm³/mol. The van der Waals surface area contributed by atoms with E-state index >= 15 is 0 Å². The second-order valence-corrected chi connectivity index (χ2v) is 7.73. The van der Waals surface area contributed by atoms with Gasteiger partial charge in [-0.3, -0.25) is 14.8 Å². The molecule has 1 aromatic heterocycles. The number of nitrogens with zero attached hydrogens (tertiary/aromatic N) is 2. The molecule has 156 valence electrons. The number of hydrogen-bond acceptors (Lipinski definition) is 2. The summed E-state index contributed by atoms with van der Waals surface area (Å²) < 4.78 is 53.5. The number of benzene rings is 2. The van der Waals surface area contributed by atoms with Gasteiger partial charge in [0.1, 0.15) is 11.5 Å². The molecule has 1 aliphatic heterocycles. The van der Waals surface area contributed by atoms with Gasteiger partial charge in [0.05, 0.1) is 17.3 Å². The van der Waals surface area contributed by atoms with E-state index in [-0.39, 0.29) is 11.6 Å². The molecule has 0 aliphatic carbocycles. The maximum absolute atomic E-state index is 13.4. The molecule has 3 aromatic rings. The Bertz CT molecular complexity index is 1090. The Balaban J connectivity index is 1.90. The van der Waals surface area contributed by atoms with Crippen LogP contribution in [0.4, 0.5) is 23.2 Å². The second-order valence-electron chi connectivity index (χ2n) is 7.73. The summed E-state index contributed by atoms with van der Waals surface area (Å²) in [6.07, 6.45) is -3.95. The number of fused-ring (bicyclic) bond motifs is 1. The van der Waals surface area contributed by atoms with E-state index in [1.165, 1.54) is 35.2 Å². The lowest BCUT2D eigenvalue weighted by Gasteiger charge is -2.27. The Morgan fingerprint density at radius 2 is 1.83 bits per heavy atom. The summed E-state index contributed by atoms with van der Waals surface area (Å²) in [6, 6.07) is 9.44. The van der Waals surface area contributed by atoms with Crippen molar-refractivity contribution in [3.8, 4) is 0 Å². The van der Waals surface area contributed by atoms with Gasteiger partial charge in [0.2, 0.25) is 0 Å². The minimum Gasteiger partial charge on any atom is -0.295 e. The van der Waals surface area contributed by atoms with Crippen molar-refractivity contribution < 1.29 is 22.4 Å². The number of halogens is 4. The first-order chi connectivity index (χ1) is 14.2. The monoisotopic (exact) mass is 417 g/mol. The van der Waals surface area contributed by atoms with Gasteiger partial charge in [0.25, 0.3) is 5.91 Å². The van der Waals surface area contributed by atoms with Crippen molar-refractivity contribution in [2.24, 2.45) is 5.92 Å². The van der Waals surface area contributed by atoms with Crippen molar-refractivity contribution >= 4 is 11.6 Å². The molecule has 1 N–H and O–H groups in total. The SMILES string of the molecule is CC(C)Cc1n[nH]c2c1C(c1cccc(C(F)(F)F)c1)N(c1ccc(F)cc1)C2=O. The number of carbonyl (C=O) groups excluding carboxylic acids is 1. The van der Waals surface area contributed by atoms with Gasteiger partial charge < -0.3 is 0 Å². The summed E-state index contributed by atoms with van der Waals surface area (Å²) >= 11 is 0. The third-order valence-corrected chi connectivity index (χ3v) is 5.08. The molecule has 2 aromatic carbocycles. The Labute approximate surface area is 170 Å². The number of alkyl halides is 3. The van der Waals surface area contributed by atoms with Crippen molar-refractivity contribution in [1.29, 1.82) is 0 Å². The molecule has 2 heterocycles. The lowest BCUT2D eigenvalue weighted by molar-refractivity contribution is -0.137. The van der Waals surface area contributed by atoms with Crippen LogP contribution in [0, 0.1) is 11.7 Å². The topological polar surface area (TPSA) is 49.0 Å². The molecule has 1 aliphatic rings. The van der Waals surface area contributed by atoms with E-state index in [4.69, 9.17) is 0 Å². The molecule has 4 nitrogen and oxygen atoms in total. The van der Waals surface area contributed by atoms with Gasteiger partial charge in [-0.2, -0.15) is 18.3 Å². The first kappa shape index (κ1) is 20.1. The van der Waals surface area contributed by atoms with Crippen LogP contribution >= 0.6 is 0 Å². The fraction of sp³-hybridized carbons (Fsp3) is 0.273. The number of H-pyrrole nitrogens is 1. The molecular weight excluding hydrogens is 398 g/mol. The van der Waals surface area contributed by atoms with Crippen LogP contribution in [0.3, 0.4) is 0 Å². The van der Waals surface area contributed by atoms with Crippen LogP contribution in [0.15, 0.2) is 48.5 Å². The lowest BCUT2D eigenvalue weighted by Crippen LogP contribution is -2.29. The van der Waals surface area contributed by atoms with Gasteiger partial charge in [0, 0.05) is 11.3 Å². The van der Waals surface area contributed by atoms with Crippen LogP contribution in [0.25, 0.3) is 0 Å². The molecule has 4 rings (SSSR count). The molecule has 0 radical (unpaired) electrons. The normalized spacial score (nSPS) is 16.4. The minimum absolute atomic E-state index is 0.231. The highest BCUT2D eigenvalue weighted by Crippen LogP contribution is 2.44. The summed E-state index contributed by atoms with van der Waals surface area (Å²) in [5.41, 5.74) is 1.36. The van der Waals surface area contributed by atoms with E-state index in [2.05, 4.69) is 10.2 Å². The zero-order valence-corrected chi connectivity index (χ0v) is 16.3. The fourth-order valence-corrected chi connectivity index (χ4v) is 3.82. The molecule has 1 amide bonds. The van der Waals surface area contributed by atoms with Crippen molar-refractivity contribution in [3.63, 3.8) is 0 Å². The molecule has 1 unspecified atom stereocenters.